The number of para-hydroxylation sites is 2. The zero-order valence-electron chi connectivity index (χ0n) is 35.0. The highest BCUT2D eigenvalue weighted by molar-refractivity contribution is 6.03. The smallest absolute Gasteiger partial charge is 0.408 e. The summed E-state index contributed by atoms with van der Waals surface area (Å²) in [5.74, 6) is 6.15. The summed E-state index contributed by atoms with van der Waals surface area (Å²) in [4.78, 5) is 26.9. The van der Waals surface area contributed by atoms with Crippen molar-refractivity contribution in [3.05, 3.63) is 83.6 Å². The van der Waals surface area contributed by atoms with Crippen LogP contribution in [0.1, 0.15) is 96.6 Å². The number of anilines is 1. The molecule has 2 aliphatic heterocycles. The van der Waals surface area contributed by atoms with Gasteiger partial charge >= 0.3 is 6.09 Å². The number of benzene rings is 2. The Hall–Kier alpha value is -4.43. The number of nitrogens with one attached hydrogen (secondary N) is 2. The summed E-state index contributed by atoms with van der Waals surface area (Å²) < 4.78 is 24.4. The highest BCUT2D eigenvalue weighted by atomic mass is 16.6. The topological polar surface area (TPSA) is 101 Å². The lowest BCUT2D eigenvalue weighted by molar-refractivity contribution is -0.401. The number of nitrogens with zero attached hydrogens (tertiary/aromatic N) is 2. The predicted octanol–water partition coefficient (Wildman–Crippen LogP) is 7.72. The number of hydrogen-bond acceptors (Lipinski definition) is 7. The van der Waals surface area contributed by atoms with Crippen molar-refractivity contribution in [3.63, 3.8) is 0 Å². The zero-order chi connectivity index (χ0) is 40.5. The number of alkyl carbamates (subject to hydrolysis) is 1. The fourth-order valence-corrected chi connectivity index (χ4v) is 8.00. The van der Waals surface area contributed by atoms with E-state index in [9.17, 15) is 9.59 Å². The number of ether oxygens (including phenoxy) is 4. The number of carbonyl (C=O) groups excluding carboxylic acids is 2. The summed E-state index contributed by atoms with van der Waals surface area (Å²) in [5, 5.41) is 5.67. The first-order chi connectivity index (χ1) is 27.6. The Morgan fingerprint density at radius 1 is 0.825 bits per heavy atom. The lowest BCUT2D eigenvalue weighted by Crippen LogP contribution is -2.31. The molecule has 2 heterocycles. The van der Waals surface area contributed by atoms with Gasteiger partial charge in [0.15, 0.2) is 11.8 Å². The fourth-order valence-electron chi connectivity index (χ4n) is 8.00. The van der Waals surface area contributed by atoms with Crippen LogP contribution in [-0.4, -0.2) is 94.7 Å². The number of carbonyl (C=O) groups is 2. The first-order valence-electron chi connectivity index (χ1n) is 21.0. The molecule has 2 aromatic carbocycles. The maximum Gasteiger partial charge on any atom is 0.408 e. The monoisotopic (exact) mass is 781 g/mol. The van der Waals surface area contributed by atoms with Crippen molar-refractivity contribution in [2.45, 2.75) is 102 Å². The number of unbranched alkanes of at least 4 members (excludes halogenated alkanes) is 2. The molecule has 10 nitrogen and oxygen atoms in total. The van der Waals surface area contributed by atoms with Gasteiger partial charge in [0.1, 0.15) is 7.05 Å². The summed E-state index contributed by atoms with van der Waals surface area (Å²) >= 11 is 0. The molecule has 1 atom stereocenters. The average molecular weight is 782 g/mol. The molecule has 1 aliphatic carbocycles. The Bertz CT molecular complexity index is 1800. The molecule has 57 heavy (non-hydrogen) atoms. The van der Waals surface area contributed by atoms with Crippen molar-refractivity contribution in [1.29, 1.82) is 0 Å². The minimum atomic E-state index is -0.457. The molecule has 10 heteroatoms. The Balaban J connectivity index is 0.912. The van der Waals surface area contributed by atoms with Gasteiger partial charge in [-0.3, -0.25) is 4.79 Å². The molecule has 2 N–H and O–H groups in total. The highest BCUT2D eigenvalue weighted by Gasteiger charge is 2.43. The van der Waals surface area contributed by atoms with Crippen LogP contribution in [0, 0.1) is 11.8 Å². The quantitative estimate of drug-likeness (QED) is 0.0761. The van der Waals surface area contributed by atoms with Crippen LogP contribution in [0.25, 0.3) is 0 Å². The molecular formula is C47H65N4O6+. The van der Waals surface area contributed by atoms with Crippen molar-refractivity contribution in [3.8, 4) is 11.8 Å². The molecule has 0 spiro atoms. The molecule has 0 fully saturated rings. The number of rotatable bonds is 21. The first-order valence-corrected chi connectivity index (χ1v) is 21.0. The lowest BCUT2D eigenvalue weighted by atomic mass is 9.81. The Labute approximate surface area is 341 Å². The van der Waals surface area contributed by atoms with Gasteiger partial charge in [-0.1, -0.05) is 81.0 Å². The predicted molar refractivity (Wildman–Crippen MR) is 227 cm³/mol. The van der Waals surface area contributed by atoms with E-state index >= 15 is 0 Å². The molecule has 0 radical (unpaired) electrons. The van der Waals surface area contributed by atoms with Crippen LogP contribution in [0.4, 0.5) is 16.2 Å². The van der Waals surface area contributed by atoms with Gasteiger partial charge in [0.2, 0.25) is 11.6 Å². The van der Waals surface area contributed by atoms with Crippen molar-refractivity contribution in [2.75, 3.05) is 71.2 Å². The Morgan fingerprint density at radius 3 is 2.26 bits per heavy atom. The number of hydrogen-bond donors (Lipinski definition) is 2. The third-order valence-corrected chi connectivity index (χ3v) is 11.1. The number of amides is 2. The maximum atomic E-state index is 12.5. The third kappa shape index (κ3) is 12.3. The van der Waals surface area contributed by atoms with E-state index in [0.29, 0.717) is 59.2 Å². The van der Waals surface area contributed by atoms with Crippen LogP contribution < -0.4 is 15.5 Å². The molecule has 0 saturated heterocycles. The van der Waals surface area contributed by atoms with E-state index in [0.717, 1.165) is 57.9 Å². The molecule has 308 valence electrons. The van der Waals surface area contributed by atoms with Gasteiger partial charge in [-0.15, -0.1) is 0 Å². The van der Waals surface area contributed by atoms with Crippen LogP contribution in [0.3, 0.4) is 0 Å². The van der Waals surface area contributed by atoms with Gasteiger partial charge in [0, 0.05) is 67.0 Å². The van der Waals surface area contributed by atoms with E-state index in [-0.39, 0.29) is 22.8 Å². The summed E-state index contributed by atoms with van der Waals surface area (Å²) in [6.45, 7) is 13.5. The van der Waals surface area contributed by atoms with Crippen molar-refractivity contribution in [2.24, 2.45) is 0 Å². The molecule has 0 bridgehead atoms. The summed E-state index contributed by atoms with van der Waals surface area (Å²) in [7, 11) is 2.16. The summed E-state index contributed by atoms with van der Waals surface area (Å²) in [6, 6.07) is 17.4. The Kier molecular flexibility index (Phi) is 16.8. The van der Waals surface area contributed by atoms with E-state index in [1.165, 1.54) is 33.9 Å². The largest absolute Gasteiger partial charge is 0.433 e. The van der Waals surface area contributed by atoms with Crippen LogP contribution >= 0.6 is 0 Å². The zero-order valence-corrected chi connectivity index (χ0v) is 35.0. The number of allylic oxidation sites excluding steroid dienone is 4. The van der Waals surface area contributed by atoms with E-state index in [2.05, 4.69) is 133 Å². The molecule has 3 aliphatic rings. The summed E-state index contributed by atoms with van der Waals surface area (Å²) in [5.41, 5.74) is 7.66. The molecule has 1 unspecified atom stereocenters. The van der Waals surface area contributed by atoms with Crippen LogP contribution in [0.5, 0.6) is 0 Å². The second-order valence-corrected chi connectivity index (χ2v) is 16.0. The highest BCUT2D eigenvalue weighted by Crippen LogP contribution is 2.48. The number of fused-ring (bicyclic) bond motifs is 2. The van der Waals surface area contributed by atoms with Gasteiger partial charge in [-0.2, -0.15) is 4.58 Å². The maximum absolute atomic E-state index is 12.5. The molecule has 0 aromatic heterocycles. The van der Waals surface area contributed by atoms with Gasteiger partial charge < -0.3 is 34.5 Å². The Morgan fingerprint density at radius 2 is 1.51 bits per heavy atom. The molecule has 0 saturated carbocycles. The van der Waals surface area contributed by atoms with Gasteiger partial charge in [-0.25, -0.2) is 4.79 Å². The SMILES string of the molecule is C[N+]1=C(/C=C/C=C2/N(CCCCCC(=O)NCCOCCOCCOCCNC(=O)OC3C#CCCCCC3)c3ccccc3C2(C)C)C(C)(C)c2ccccc21. The second kappa shape index (κ2) is 21.9. The minimum Gasteiger partial charge on any atom is -0.433 e. The van der Waals surface area contributed by atoms with Crippen LogP contribution in [0.15, 0.2) is 72.5 Å². The second-order valence-electron chi connectivity index (χ2n) is 16.0. The van der Waals surface area contributed by atoms with E-state index in [1.54, 1.807) is 0 Å². The van der Waals surface area contributed by atoms with Gasteiger partial charge in [0.05, 0.1) is 45.1 Å². The normalized spacial score (nSPS) is 18.8. The van der Waals surface area contributed by atoms with E-state index in [1.807, 2.05) is 0 Å². The molecule has 2 amide bonds. The van der Waals surface area contributed by atoms with E-state index < -0.39 is 6.09 Å². The lowest BCUT2D eigenvalue weighted by Gasteiger charge is -2.27. The standard InChI is InChI=1S/C47H64N4O6/c1-46(2)38-21-13-15-23-40(38)50(5)42(46)25-18-26-43-47(3,4)39-22-14-16-24-41(39)51(43)30-17-9-12-27-44(52)48-28-31-54-33-35-56-36-34-55-32-29-49-45(53)57-37-19-10-7-6-8-11-20-37/h13-16,18,21-26,37H,6-10,12,17,19,27-36H2,1-5H3,(H-,48,49,52,53)/p+1. The first kappa shape index (κ1) is 43.7. The van der Waals surface area contributed by atoms with Crippen molar-refractivity contribution < 1.29 is 33.1 Å². The van der Waals surface area contributed by atoms with Crippen LogP contribution in [-0.2, 0) is 34.6 Å². The van der Waals surface area contributed by atoms with Gasteiger partial charge in [0.25, 0.3) is 0 Å². The fraction of sp³-hybridized carbons (Fsp3) is 0.553. The average Bonchev–Trinajstić information content (AvgIpc) is 3.52. The summed E-state index contributed by atoms with van der Waals surface area (Å²) in [6.07, 6.45) is 14.3. The van der Waals surface area contributed by atoms with Crippen LogP contribution in [0.2, 0.25) is 0 Å². The minimum absolute atomic E-state index is 0.0566. The van der Waals surface area contributed by atoms with E-state index in [4.69, 9.17) is 18.9 Å². The van der Waals surface area contributed by atoms with Gasteiger partial charge in [-0.05, 0) is 63.7 Å². The third-order valence-electron chi connectivity index (χ3n) is 11.1. The molecular weight excluding hydrogens is 717 g/mol. The molecule has 5 rings (SSSR count). The van der Waals surface area contributed by atoms with Crippen molar-refractivity contribution >= 4 is 29.1 Å². The van der Waals surface area contributed by atoms with Crippen molar-refractivity contribution in [1.82, 2.24) is 10.6 Å². The molecule has 2 aromatic rings.